The van der Waals surface area contributed by atoms with E-state index in [0.29, 0.717) is 0 Å². The Morgan fingerprint density at radius 2 is 1.19 bits per heavy atom. The minimum absolute atomic E-state index is 0.496. The summed E-state index contributed by atoms with van der Waals surface area (Å²) in [5.41, 5.74) is 15.1. The van der Waals surface area contributed by atoms with Gasteiger partial charge in [0, 0.05) is 0 Å². The van der Waals surface area contributed by atoms with Crippen LogP contribution in [-0.4, -0.2) is 77.0 Å². The molecule has 0 saturated carbocycles. The van der Waals surface area contributed by atoms with E-state index in [2.05, 4.69) is 10.6 Å². The van der Waals surface area contributed by atoms with Crippen LogP contribution < -0.4 is 33.2 Å². The number of hydrogen-bond acceptors (Lipinski definition) is 8. The van der Waals surface area contributed by atoms with Gasteiger partial charge >= 0.3 is 5.97 Å². The fourth-order valence-electron chi connectivity index (χ4n) is 1.80. The number of aliphatic hydroxyl groups excluding tert-OH is 1. The van der Waals surface area contributed by atoms with E-state index in [9.17, 15) is 28.8 Å². The van der Waals surface area contributed by atoms with Crippen LogP contribution in [0.2, 0.25) is 0 Å². The number of amides is 5. The van der Waals surface area contributed by atoms with Gasteiger partial charge in [-0.3, -0.25) is 24.0 Å². The van der Waals surface area contributed by atoms with E-state index >= 15 is 0 Å². The van der Waals surface area contributed by atoms with Crippen LogP contribution in [0.5, 0.6) is 0 Å². The fourth-order valence-corrected chi connectivity index (χ4v) is 1.80. The largest absolute Gasteiger partial charge is 0.480 e. The number of rotatable bonds is 12. The molecule has 0 aromatic carbocycles. The molecule has 0 fully saturated rings. The molecule has 152 valence electrons. The van der Waals surface area contributed by atoms with E-state index in [4.69, 9.17) is 27.4 Å². The highest BCUT2D eigenvalue weighted by Gasteiger charge is 2.30. The first kappa shape index (κ1) is 23.7. The maximum absolute atomic E-state index is 12.2. The van der Waals surface area contributed by atoms with Gasteiger partial charge in [0.05, 0.1) is 26.0 Å². The summed E-state index contributed by atoms with van der Waals surface area (Å²) in [6.45, 7) is -1.44. The summed E-state index contributed by atoms with van der Waals surface area (Å²) in [6, 6.07) is -4.81. The number of aliphatic hydroxyl groups is 1. The number of nitrogens with two attached hydrogens (primary N) is 3. The molecule has 0 aliphatic heterocycles. The minimum atomic E-state index is -1.69. The lowest BCUT2D eigenvalue weighted by Crippen LogP contribution is -2.57. The molecule has 3 atom stereocenters. The summed E-state index contributed by atoms with van der Waals surface area (Å²) in [5, 5.41) is 23.8. The molecular formula is C13H22N6O8. The molecule has 0 radical (unpaired) electrons. The highest BCUT2D eigenvalue weighted by Crippen LogP contribution is 1.99. The summed E-state index contributed by atoms with van der Waals surface area (Å²) >= 11 is 0. The average Bonchev–Trinajstić information content (AvgIpc) is 2.56. The van der Waals surface area contributed by atoms with Crippen LogP contribution in [0, 0.1) is 0 Å². The second kappa shape index (κ2) is 11.4. The van der Waals surface area contributed by atoms with Gasteiger partial charge in [-0.1, -0.05) is 0 Å². The molecule has 0 aliphatic carbocycles. The van der Waals surface area contributed by atoms with Gasteiger partial charge in [0.15, 0.2) is 0 Å². The van der Waals surface area contributed by atoms with Crippen LogP contribution in [0.3, 0.4) is 0 Å². The molecule has 0 rings (SSSR count). The molecule has 0 aliphatic rings. The maximum atomic E-state index is 12.2. The smallest absolute Gasteiger partial charge is 0.328 e. The number of primary amides is 2. The van der Waals surface area contributed by atoms with Crippen LogP contribution in [0.1, 0.15) is 12.8 Å². The summed E-state index contributed by atoms with van der Waals surface area (Å²) in [6.07, 6.45) is -1.35. The van der Waals surface area contributed by atoms with Crippen molar-refractivity contribution >= 4 is 35.5 Å². The number of carboxylic acids is 1. The Bertz CT molecular complexity index is 610. The Labute approximate surface area is 152 Å². The van der Waals surface area contributed by atoms with Crippen LogP contribution in [0.15, 0.2) is 0 Å². The first-order chi connectivity index (χ1) is 12.5. The fraction of sp³-hybridized carbons (Fsp3) is 0.538. The SMILES string of the molecule is NCC(=O)NC(CC(N)=O)C(=O)NC(CC(N)=O)C(=O)NC(CO)C(=O)O. The van der Waals surface area contributed by atoms with Crippen molar-refractivity contribution in [3.63, 3.8) is 0 Å². The molecule has 14 heteroatoms. The van der Waals surface area contributed by atoms with E-state index in [0.717, 1.165) is 0 Å². The predicted octanol–water partition coefficient (Wildman–Crippen LogP) is -5.77. The van der Waals surface area contributed by atoms with Crippen molar-refractivity contribution in [2.24, 2.45) is 17.2 Å². The maximum Gasteiger partial charge on any atom is 0.328 e. The van der Waals surface area contributed by atoms with E-state index < -0.39 is 79.6 Å². The third-order valence-electron chi connectivity index (χ3n) is 3.08. The van der Waals surface area contributed by atoms with Gasteiger partial charge in [0.25, 0.3) is 0 Å². The van der Waals surface area contributed by atoms with E-state index in [1.807, 2.05) is 5.32 Å². The second-order valence-corrected chi connectivity index (χ2v) is 5.31. The van der Waals surface area contributed by atoms with E-state index in [-0.39, 0.29) is 0 Å². The minimum Gasteiger partial charge on any atom is -0.480 e. The van der Waals surface area contributed by atoms with Gasteiger partial charge in [0.1, 0.15) is 18.1 Å². The zero-order valence-electron chi connectivity index (χ0n) is 14.1. The lowest BCUT2D eigenvalue weighted by molar-refractivity contribution is -0.143. The molecule has 0 aromatic heterocycles. The zero-order chi connectivity index (χ0) is 21.1. The van der Waals surface area contributed by atoms with Gasteiger partial charge < -0.3 is 43.4 Å². The number of carboxylic acid groups (broad SMARTS) is 1. The molecule has 0 aromatic rings. The van der Waals surface area contributed by atoms with Crippen LogP contribution in [0.4, 0.5) is 0 Å². The second-order valence-electron chi connectivity index (χ2n) is 5.31. The highest BCUT2D eigenvalue weighted by molar-refractivity contribution is 5.97. The van der Waals surface area contributed by atoms with Crippen molar-refractivity contribution in [1.82, 2.24) is 16.0 Å². The number of carbonyl (C=O) groups is 6. The standard InChI is InChI=1S/C13H22N6O8/c14-3-10(23)17-5(1-8(15)21)11(24)18-6(2-9(16)22)12(25)19-7(4-20)13(26)27/h5-7,20H,1-4,14H2,(H2,15,21)(H2,16,22)(H,17,23)(H,18,24)(H,19,25)(H,26,27). The van der Waals surface area contributed by atoms with Crippen LogP contribution in [0.25, 0.3) is 0 Å². The molecule has 0 spiro atoms. The van der Waals surface area contributed by atoms with Gasteiger partial charge in [-0.25, -0.2) is 4.79 Å². The Morgan fingerprint density at radius 1 is 0.778 bits per heavy atom. The van der Waals surface area contributed by atoms with E-state index in [1.165, 1.54) is 0 Å². The monoisotopic (exact) mass is 390 g/mol. The molecule has 0 saturated heterocycles. The highest BCUT2D eigenvalue weighted by atomic mass is 16.4. The Balaban J connectivity index is 5.32. The van der Waals surface area contributed by atoms with Gasteiger partial charge in [-0.15, -0.1) is 0 Å². The molecule has 0 heterocycles. The average molecular weight is 390 g/mol. The summed E-state index contributed by atoms with van der Waals surface area (Å²) in [4.78, 5) is 68.7. The Kier molecular flexibility index (Phi) is 10.0. The first-order valence-electron chi connectivity index (χ1n) is 7.52. The zero-order valence-corrected chi connectivity index (χ0v) is 14.1. The predicted molar refractivity (Wildman–Crippen MR) is 87.2 cm³/mol. The van der Waals surface area contributed by atoms with Crippen molar-refractivity contribution in [2.75, 3.05) is 13.2 Å². The molecule has 11 N–H and O–H groups in total. The molecule has 27 heavy (non-hydrogen) atoms. The molecule has 3 unspecified atom stereocenters. The number of hydrogen-bond donors (Lipinski definition) is 8. The lowest BCUT2D eigenvalue weighted by Gasteiger charge is -2.23. The Morgan fingerprint density at radius 3 is 1.52 bits per heavy atom. The molecule has 0 bridgehead atoms. The third kappa shape index (κ3) is 9.13. The lowest BCUT2D eigenvalue weighted by atomic mass is 10.1. The summed E-state index contributed by atoms with van der Waals surface area (Å²) in [5.74, 6) is -6.51. The summed E-state index contributed by atoms with van der Waals surface area (Å²) < 4.78 is 0. The van der Waals surface area contributed by atoms with Gasteiger partial charge in [-0.05, 0) is 0 Å². The van der Waals surface area contributed by atoms with E-state index in [1.54, 1.807) is 0 Å². The van der Waals surface area contributed by atoms with Gasteiger partial charge in [0.2, 0.25) is 29.5 Å². The molecule has 14 nitrogen and oxygen atoms in total. The third-order valence-corrected chi connectivity index (χ3v) is 3.08. The van der Waals surface area contributed by atoms with Crippen molar-refractivity contribution in [1.29, 1.82) is 0 Å². The molecule has 5 amide bonds. The topological polar surface area (TPSA) is 257 Å². The van der Waals surface area contributed by atoms with Crippen LogP contribution >= 0.6 is 0 Å². The Hall–Kier alpha value is -3.26. The quantitative estimate of drug-likeness (QED) is 0.157. The van der Waals surface area contributed by atoms with Crippen molar-refractivity contribution in [3.8, 4) is 0 Å². The number of carbonyl (C=O) groups excluding carboxylic acids is 5. The number of aliphatic carboxylic acids is 1. The normalized spacial score (nSPS) is 13.6. The number of nitrogens with one attached hydrogen (secondary N) is 3. The summed E-state index contributed by atoms with van der Waals surface area (Å²) in [7, 11) is 0. The van der Waals surface area contributed by atoms with Crippen molar-refractivity contribution in [3.05, 3.63) is 0 Å². The van der Waals surface area contributed by atoms with Crippen molar-refractivity contribution < 1.29 is 39.0 Å². The van der Waals surface area contributed by atoms with Crippen molar-refractivity contribution in [2.45, 2.75) is 31.0 Å². The van der Waals surface area contributed by atoms with Crippen LogP contribution in [-0.2, 0) is 28.8 Å². The first-order valence-corrected chi connectivity index (χ1v) is 7.52. The molecular weight excluding hydrogens is 368 g/mol. The van der Waals surface area contributed by atoms with Gasteiger partial charge in [-0.2, -0.15) is 0 Å².